The molecule has 0 aliphatic heterocycles. The molecule has 0 saturated heterocycles. The summed E-state index contributed by atoms with van der Waals surface area (Å²) in [6, 6.07) is 0. The average Bonchev–Trinajstić information content (AvgIpc) is 2.16. The van der Waals surface area contributed by atoms with E-state index in [2.05, 4.69) is 6.92 Å². The van der Waals surface area contributed by atoms with Crippen molar-refractivity contribution in [3.8, 4) is 0 Å². The van der Waals surface area contributed by atoms with Crippen LogP contribution in [-0.4, -0.2) is 17.3 Å². The molecule has 11 heavy (non-hydrogen) atoms. The van der Waals surface area contributed by atoms with Crippen molar-refractivity contribution in [2.24, 2.45) is 11.7 Å². The highest BCUT2D eigenvalue weighted by Crippen LogP contribution is 2.29. The third kappa shape index (κ3) is 1.94. The van der Waals surface area contributed by atoms with Gasteiger partial charge in [0.05, 0.1) is 6.61 Å². The number of rotatable bonds is 1. The molecule has 1 aliphatic rings. The van der Waals surface area contributed by atoms with Crippen LogP contribution in [0.2, 0.25) is 0 Å². The highest BCUT2D eigenvalue weighted by molar-refractivity contribution is 4.90. The van der Waals surface area contributed by atoms with E-state index in [-0.39, 0.29) is 12.1 Å². The minimum atomic E-state index is -0.281. The van der Waals surface area contributed by atoms with Crippen LogP contribution in [0.15, 0.2) is 0 Å². The van der Waals surface area contributed by atoms with Crippen LogP contribution >= 0.6 is 0 Å². The monoisotopic (exact) mass is 157 g/mol. The Labute approximate surface area is 68.8 Å². The Morgan fingerprint density at radius 1 is 1.45 bits per heavy atom. The van der Waals surface area contributed by atoms with Crippen LogP contribution in [-0.2, 0) is 0 Å². The highest BCUT2D eigenvalue weighted by Gasteiger charge is 2.31. The molecular weight excluding hydrogens is 138 g/mol. The van der Waals surface area contributed by atoms with Crippen molar-refractivity contribution in [1.82, 2.24) is 0 Å². The number of aliphatic hydroxyl groups excluding tert-OH is 1. The summed E-state index contributed by atoms with van der Waals surface area (Å²) in [7, 11) is 0. The van der Waals surface area contributed by atoms with Gasteiger partial charge in [-0.25, -0.2) is 0 Å². The SMILES string of the molecule is CC1CCCCCC1(N)CO. The maximum absolute atomic E-state index is 9.12. The maximum atomic E-state index is 9.12. The summed E-state index contributed by atoms with van der Waals surface area (Å²) in [5.74, 6) is 0.481. The van der Waals surface area contributed by atoms with Gasteiger partial charge in [-0.15, -0.1) is 0 Å². The van der Waals surface area contributed by atoms with Crippen molar-refractivity contribution in [3.05, 3.63) is 0 Å². The number of aliphatic hydroxyl groups is 1. The van der Waals surface area contributed by atoms with Crippen molar-refractivity contribution in [3.63, 3.8) is 0 Å². The van der Waals surface area contributed by atoms with Gasteiger partial charge in [-0.3, -0.25) is 0 Å². The van der Waals surface area contributed by atoms with Crippen molar-refractivity contribution >= 4 is 0 Å². The Bertz CT molecular complexity index is 127. The second-order valence-electron chi connectivity index (χ2n) is 3.89. The third-order valence-corrected chi connectivity index (χ3v) is 3.06. The fourth-order valence-corrected chi connectivity index (χ4v) is 1.85. The Morgan fingerprint density at radius 2 is 2.18 bits per heavy atom. The summed E-state index contributed by atoms with van der Waals surface area (Å²) < 4.78 is 0. The van der Waals surface area contributed by atoms with Gasteiger partial charge in [0.25, 0.3) is 0 Å². The molecule has 1 fully saturated rings. The molecule has 66 valence electrons. The lowest BCUT2D eigenvalue weighted by Crippen LogP contribution is -2.48. The van der Waals surface area contributed by atoms with E-state index in [4.69, 9.17) is 10.8 Å². The van der Waals surface area contributed by atoms with Crippen molar-refractivity contribution < 1.29 is 5.11 Å². The normalized spacial score (nSPS) is 40.1. The minimum absolute atomic E-state index is 0.147. The van der Waals surface area contributed by atoms with Gasteiger partial charge in [-0.2, -0.15) is 0 Å². The molecule has 2 nitrogen and oxygen atoms in total. The molecule has 0 radical (unpaired) electrons. The summed E-state index contributed by atoms with van der Waals surface area (Å²) in [6.45, 7) is 2.30. The lowest BCUT2D eigenvalue weighted by molar-refractivity contribution is 0.140. The summed E-state index contributed by atoms with van der Waals surface area (Å²) in [5.41, 5.74) is 5.77. The van der Waals surface area contributed by atoms with Gasteiger partial charge in [0, 0.05) is 5.54 Å². The Kier molecular flexibility index (Phi) is 2.90. The molecule has 0 aromatic heterocycles. The zero-order valence-electron chi connectivity index (χ0n) is 7.34. The fraction of sp³-hybridized carbons (Fsp3) is 1.00. The summed E-state index contributed by atoms with van der Waals surface area (Å²) in [5, 5.41) is 9.12. The van der Waals surface area contributed by atoms with Crippen molar-refractivity contribution in [1.29, 1.82) is 0 Å². The molecule has 0 bridgehead atoms. The number of hydrogen-bond acceptors (Lipinski definition) is 2. The standard InChI is InChI=1S/C9H19NO/c1-8-5-3-2-4-6-9(8,10)7-11/h8,11H,2-7,10H2,1H3. The molecule has 0 amide bonds. The second-order valence-corrected chi connectivity index (χ2v) is 3.89. The molecule has 2 atom stereocenters. The van der Waals surface area contributed by atoms with Gasteiger partial charge < -0.3 is 10.8 Å². The zero-order chi connectivity index (χ0) is 8.32. The Hall–Kier alpha value is -0.0800. The zero-order valence-corrected chi connectivity index (χ0v) is 7.34. The lowest BCUT2D eigenvalue weighted by Gasteiger charge is -2.31. The second kappa shape index (κ2) is 3.55. The van der Waals surface area contributed by atoms with Gasteiger partial charge >= 0.3 is 0 Å². The van der Waals surface area contributed by atoms with E-state index < -0.39 is 0 Å². The van der Waals surface area contributed by atoms with E-state index >= 15 is 0 Å². The average molecular weight is 157 g/mol. The predicted octanol–water partition coefficient (Wildman–Crippen LogP) is 1.28. The van der Waals surface area contributed by atoms with Crippen LogP contribution in [0.3, 0.4) is 0 Å². The van der Waals surface area contributed by atoms with Crippen LogP contribution in [0.5, 0.6) is 0 Å². The summed E-state index contributed by atoms with van der Waals surface area (Å²) >= 11 is 0. The van der Waals surface area contributed by atoms with E-state index in [0.717, 1.165) is 6.42 Å². The first kappa shape index (κ1) is 9.01. The molecule has 2 heteroatoms. The quantitative estimate of drug-likeness (QED) is 0.563. The molecule has 3 N–H and O–H groups in total. The van der Waals surface area contributed by atoms with Crippen molar-refractivity contribution in [2.75, 3.05) is 6.61 Å². The predicted molar refractivity (Wildman–Crippen MR) is 46.3 cm³/mol. The maximum Gasteiger partial charge on any atom is 0.0613 e. The van der Waals surface area contributed by atoms with E-state index in [1.807, 2.05) is 0 Å². The van der Waals surface area contributed by atoms with Crippen molar-refractivity contribution in [2.45, 2.75) is 44.6 Å². The number of nitrogens with two attached hydrogens (primary N) is 1. The molecule has 0 spiro atoms. The molecule has 0 heterocycles. The van der Waals surface area contributed by atoms with E-state index in [9.17, 15) is 0 Å². The van der Waals surface area contributed by atoms with Crippen LogP contribution in [0.25, 0.3) is 0 Å². The highest BCUT2D eigenvalue weighted by atomic mass is 16.3. The summed E-state index contributed by atoms with van der Waals surface area (Å²) in [4.78, 5) is 0. The first-order valence-electron chi connectivity index (χ1n) is 4.59. The molecule has 0 aromatic rings. The third-order valence-electron chi connectivity index (χ3n) is 3.06. The van der Waals surface area contributed by atoms with Crippen LogP contribution < -0.4 is 5.73 Å². The van der Waals surface area contributed by atoms with Gasteiger partial charge in [0.2, 0.25) is 0 Å². The Balaban J connectivity index is 2.58. The van der Waals surface area contributed by atoms with Crippen LogP contribution in [0.4, 0.5) is 0 Å². The fourth-order valence-electron chi connectivity index (χ4n) is 1.85. The molecule has 0 aromatic carbocycles. The minimum Gasteiger partial charge on any atom is -0.394 e. The van der Waals surface area contributed by atoms with E-state index in [1.165, 1.54) is 25.7 Å². The molecule has 2 unspecified atom stereocenters. The van der Waals surface area contributed by atoms with Gasteiger partial charge in [0.15, 0.2) is 0 Å². The largest absolute Gasteiger partial charge is 0.394 e. The van der Waals surface area contributed by atoms with Crippen LogP contribution in [0.1, 0.15) is 39.0 Å². The molecule has 1 aliphatic carbocycles. The Morgan fingerprint density at radius 3 is 2.82 bits per heavy atom. The molecule has 1 rings (SSSR count). The van der Waals surface area contributed by atoms with Gasteiger partial charge in [0.1, 0.15) is 0 Å². The number of hydrogen-bond donors (Lipinski definition) is 2. The van der Waals surface area contributed by atoms with Crippen LogP contribution in [0, 0.1) is 5.92 Å². The first-order valence-corrected chi connectivity index (χ1v) is 4.59. The molecular formula is C9H19NO. The smallest absolute Gasteiger partial charge is 0.0613 e. The molecule has 1 saturated carbocycles. The van der Waals surface area contributed by atoms with E-state index in [0.29, 0.717) is 5.92 Å². The first-order chi connectivity index (χ1) is 5.19. The van der Waals surface area contributed by atoms with Gasteiger partial charge in [-0.05, 0) is 18.8 Å². The van der Waals surface area contributed by atoms with E-state index in [1.54, 1.807) is 0 Å². The van der Waals surface area contributed by atoms with Gasteiger partial charge in [-0.1, -0.05) is 26.2 Å². The topological polar surface area (TPSA) is 46.2 Å². The lowest BCUT2D eigenvalue weighted by atomic mass is 9.83. The summed E-state index contributed by atoms with van der Waals surface area (Å²) in [6.07, 6.45) is 5.91.